The highest BCUT2D eigenvalue weighted by Gasteiger charge is 2.21. The molecule has 32 heavy (non-hydrogen) atoms. The molecule has 0 aromatic carbocycles. The van der Waals surface area contributed by atoms with E-state index in [1.54, 1.807) is 0 Å². The highest BCUT2D eigenvalue weighted by atomic mass is 16.5. The molecule has 1 fully saturated rings. The molecule has 7 heteroatoms. The Morgan fingerprint density at radius 3 is 2.81 bits per heavy atom. The average molecular weight is 435 g/mol. The van der Waals surface area contributed by atoms with Gasteiger partial charge in [0.25, 0.3) is 0 Å². The number of rotatable bonds is 7. The number of nitrogens with zero attached hydrogens (tertiary/aromatic N) is 5. The Labute approximate surface area is 191 Å². The minimum absolute atomic E-state index is 0.300. The number of piperazine rings is 1. The van der Waals surface area contributed by atoms with E-state index in [2.05, 4.69) is 71.5 Å². The minimum Gasteiger partial charge on any atom is -0.356 e. The normalized spacial score (nSPS) is 18.5. The van der Waals surface area contributed by atoms with Gasteiger partial charge in [-0.3, -0.25) is 5.32 Å². The lowest BCUT2D eigenvalue weighted by Gasteiger charge is -2.33. The Balaban J connectivity index is 1.70. The molecule has 0 unspecified atom stereocenters. The molecule has 1 aromatic heterocycles. The largest absolute Gasteiger partial charge is 0.356 e. The van der Waals surface area contributed by atoms with E-state index in [0.717, 1.165) is 61.0 Å². The first-order valence-corrected chi connectivity index (χ1v) is 11.2. The number of aliphatic imine (C=N–C) groups is 1. The molecule has 3 rings (SSSR count). The highest BCUT2D eigenvalue weighted by molar-refractivity contribution is 5.94. The summed E-state index contributed by atoms with van der Waals surface area (Å²) in [5.74, 6) is 1.77. The number of nitriles is 1. The molecule has 0 saturated carbocycles. The number of amidine groups is 1. The van der Waals surface area contributed by atoms with Crippen molar-refractivity contribution in [1.82, 2.24) is 20.3 Å². The summed E-state index contributed by atoms with van der Waals surface area (Å²) in [7, 11) is 2.15. The molecule has 0 amide bonds. The Kier molecular flexibility index (Phi) is 8.20. The summed E-state index contributed by atoms with van der Waals surface area (Å²) in [6, 6.07) is 4.14. The van der Waals surface area contributed by atoms with E-state index in [0.29, 0.717) is 13.0 Å². The van der Waals surface area contributed by atoms with Crippen LogP contribution in [0.15, 0.2) is 57.7 Å². The summed E-state index contributed by atoms with van der Waals surface area (Å²) in [6.45, 7) is 10.5. The molecule has 2 aliphatic heterocycles. The van der Waals surface area contributed by atoms with Gasteiger partial charge >= 0.3 is 0 Å². The fraction of sp³-hybridized carbons (Fsp3) is 0.480. The van der Waals surface area contributed by atoms with Gasteiger partial charge < -0.3 is 14.3 Å². The van der Waals surface area contributed by atoms with Gasteiger partial charge in [-0.25, -0.2) is 4.99 Å². The predicted molar refractivity (Wildman–Crippen MR) is 129 cm³/mol. The van der Waals surface area contributed by atoms with Crippen LogP contribution in [-0.2, 0) is 6.42 Å². The second kappa shape index (κ2) is 11.1. The molecule has 2 aliphatic rings. The van der Waals surface area contributed by atoms with E-state index in [1.807, 2.05) is 25.3 Å². The van der Waals surface area contributed by atoms with Crippen LogP contribution in [0, 0.1) is 11.3 Å². The molecule has 1 saturated heterocycles. The Morgan fingerprint density at radius 2 is 2.09 bits per heavy atom. The van der Waals surface area contributed by atoms with Crippen molar-refractivity contribution in [3.05, 3.63) is 59.7 Å². The highest BCUT2D eigenvalue weighted by Crippen LogP contribution is 2.24. The summed E-state index contributed by atoms with van der Waals surface area (Å²) in [4.78, 5) is 9.40. The van der Waals surface area contributed by atoms with Crippen molar-refractivity contribution in [1.29, 1.82) is 5.26 Å². The van der Waals surface area contributed by atoms with Crippen molar-refractivity contribution in [3.63, 3.8) is 0 Å². The summed E-state index contributed by atoms with van der Waals surface area (Å²) < 4.78 is 5.65. The topological polar surface area (TPSA) is 80.7 Å². The average Bonchev–Trinajstić information content (AvgIpc) is 3.12. The van der Waals surface area contributed by atoms with Crippen LogP contribution in [0.25, 0.3) is 5.57 Å². The molecule has 0 spiro atoms. The second-order valence-corrected chi connectivity index (χ2v) is 8.72. The first-order chi connectivity index (χ1) is 15.4. The maximum atomic E-state index is 8.90. The lowest BCUT2D eigenvalue weighted by molar-refractivity contribution is 0.216. The van der Waals surface area contributed by atoms with Gasteiger partial charge in [-0.05, 0) is 45.9 Å². The Bertz CT molecular complexity index is 965. The molecule has 3 heterocycles. The van der Waals surface area contributed by atoms with Gasteiger partial charge in [-0.15, -0.1) is 0 Å². The van der Waals surface area contributed by atoms with Crippen molar-refractivity contribution in [2.75, 3.05) is 39.8 Å². The summed E-state index contributed by atoms with van der Waals surface area (Å²) >= 11 is 0. The fourth-order valence-electron chi connectivity index (χ4n) is 3.77. The summed E-state index contributed by atoms with van der Waals surface area (Å²) in [5.41, 5.74) is 2.70. The van der Waals surface area contributed by atoms with Crippen LogP contribution in [0.3, 0.4) is 0 Å². The molecule has 0 atom stereocenters. The van der Waals surface area contributed by atoms with Crippen LogP contribution in [-0.4, -0.2) is 66.1 Å². The monoisotopic (exact) mass is 434 g/mol. The van der Waals surface area contributed by atoms with E-state index >= 15 is 0 Å². The molecule has 0 radical (unpaired) electrons. The Morgan fingerprint density at radius 1 is 1.31 bits per heavy atom. The third-order valence-corrected chi connectivity index (χ3v) is 5.87. The molecule has 1 aromatic rings. The van der Waals surface area contributed by atoms with Gasteiger partial charge in [0.1, 0.15) is 5.84 Å². The molecule has 0 bridgehead atoms. The summed E-state index contributed by atoms with van der Waals surface area (Å²) in [5, 5.41) is 16.4. The van der Waals surface area contributed by atoms with Crippen molar-refractivity contribution < 1.29 is 4.52 Å². The van der Waals surface area contributed by atoms with Gasteiger partial charge in [-0.1, -0.05) is 29.5 Å². The molecule has 0 aliphatic carbocycles. The minimum atomic E-state index is -0.308. The number of hydrogen-bond acceptors (Lipinski definition) is 7. The van der Waals surface area contributed by atoms with E-state index in [1.165, 1.54) is 0 Å². The van der Waals surface area contributed by atoms with Crippen molar-refractivity contribution in [2.24, 2.45) is 4.99 Å². The number of hydrogen-bond donors (Lipinski definition) is 1. The molecule has 1 N–H and O–H groups in total. The lowest BCUT2D eigenvalue weighted by Crippen LogP contribution is -2.46. The van der Waals surface area contributed by atoms with Crippen molar-refractivity contribution in [2.45, 2.75) is 39.2 Å². The maximum Gasteiger partial charge on any atom is 0.164 e. The van der Waals surface area contributed by atoms with E-state index in [-0.39, 0.29) is 5.54 Å². The number of nitrogens with one attached hydrogen (secondary N) is 1. The van der Waals surface area contributed by atoms with Crippen LogP contribution in [0.2, 0.25) is 0 Å². The molecule has 170 valence electrons. The first-order valence-electron chi connectivity index (χ1n) is 11.2. The van der Waals surface area contributed by atoms with Crippen LogP contribution in [0.4, 0.5) is 0 Å². The van der Waals surface area contributed by atoms with Crippen LogP contribution in [0.5, 0.6) is 0 Å². The van der Waals surface area contributed by atoms with Gasteiger partial charge in [0.15, 0.2) is 5.76 Å². The SMILES string of the molecule is C/C=C\C(=C/Cc1cc(C2=CN=C(N3CCN(C)CC3)C=CC2)on1)C(C)(C)NCC#N. The first kappa shape index (κ1) is 23.7. The Hall–Kier alpha value is -2.95. The number of likely N-dealkylation sites (N-methyl/N-ethyl adjacent to an activating group) is 1. The quantitative estimate of drug-likeness (QED) is 0.522. The predicted octanol–water partition coefficient (Wildman–Crippen LogP) is 3.56. The third-order valence-electron chi connectivity index (χ3n) is 5.87. The molecular formula is C25H34N6O. The zero-order valence-corrected chi connectivity index (χ0v) is 19.6. The number of allylic oxidation sites excluding steroid dienone is 4. The van der Waals surface area contributed by atoms with Crippen LogP contribution < -0.4 is 5.32 Å². The van der Waals surface area contributed by atoms with Crippen molar-refractivity contribution >= 4 is 11.4 Å². The zero-order chi connectivity index (χ0) is 23.0. The smallest absolute Gasteiger partial charge is 0.164 e. The van der Waals surface area contributed by atoms with E-state index < -0.39 is 0 Å². The summed E-state index contributed by atoms with van der Waals surface area (Å²) in [6.07, 6.45) is 13.8. The fourth-order valence-corrected chi connectivity index (χ4v) is 3.77. The third kappa shape index (κ3) is 6.28. The van der Waals surface area contributed by atoms with Crippen LogP contribution in [0.1, 0.15) is 38.6 Å². The van der Waals surface area contributed by atoms with E-state index in [9.17, 15) is 0 Å². The van der Waals surface area contributed by atoms with Gasteiger partial charge in [-0.2, -0.15) is 5.26 Å². The molecular weight excluding hydrogens is 400 g/mol. The van der Waals surface area contributed by atoms with Gasteiger partial charge in [0, 0.05) is 56.0 Å². The number of aromatic nitrogens is 1. The maximum absolute atomic E-state index is 8.90. The van der Waals surface area contributed by atoms with Crippen LogP contribution >= 0.6 is 0 Å². The second-order valence-electron chi connectivity index (χ2n) is 8.72. The standard InChI is InChI=1S/C25H34N6O/c1-5-7-21(25(2,3)28-13-12-26)10-11-22-18-23(32-29-22)20-8-6-9-24(27-19-20)31-16-14-30(4)15-17-31/h5-7,9-10,18-19,28H,8,11,13-17H2,1-4H3/b7-5-,21-10+. The van der Waals surface area contributed by atoms with Gasteiger partial charge in [0.2, 0.25) is 0 Å². The van der Waals surface area contributed by atoms with Crippen molar-refractivity contribution in [3.8, 4) is 6.07 Å². The lowest BCUT2D eigenvalue weighted by atomic mass is 9.92. The zero-order valence-electron chi connectivity index (χ0n) is 19.6. The molecule has 7 nitrogen and oxygen atoms in total. The van der Waals surface area contributed by atoms with Gasteiger partial charge in [0.05, 0.1) is 18.3 Å². The van der Waals surface area contributed by atoms with E-state index in [4.69, 9.17) is 14.8 Å².